The monoisotopic (exact) mass is 278 g/mol. The molecule has 2 aromatic carbocycles. The van der Waals surface area contributed by atoms with Gasteiger partial charge in [-0.1, -0.05) is 52.4 Å². The van der Waals surface area contributed by atoms with Gasteiger partial charge in [0.2, 0.25) is 0 Å². The minimum Gasteiger partial charge on any atom is -0.321 e. The van der Waals surface area contributed by atoms with Crippen LogP contribution in [0.1, 0.15) is 11.1 Å². The molecular formula is C15H14N6. The van der Waals surface area contributed by atoms with Gasteiger partial charge in [0.25, 0.3) is 5.95 Å². The molecule has 3 rings (SSSR count). The number of nitrogens with one attached hydrogen (secondary N) is 1. The Morgan fingerprint density at radius 1 is 1.05 bits per heavy atom. The van der Waals surface area contributed by atoms with Crippen molar-refractivity contribution in [3.63, 3.8) is 0 Å². The zero-order chi connectivity index (χ0) is 14.5. The first-order chi connectivity index (χ1) is 10.3. The molecule has 1 N–H and O–H groups in total. The number of nitrogens with zero attached hydrogens (tertiary/aromatic N) is 5. The number of anilines is 2. The Kier molecular flexibility index (Phi) is 3.68. The molecule has 0 fully saturated rings. The first kappa shape index (κ1) is 13.0. The minimum atomic E-state index is 0.464. The van der Waals surface area contributed by atoms with Crippen molar-refractivity contribution in [1.82, 2.24) is 20.3 Å². The van der Waals surface area contributed by atoms with E-state index < -0.39 is 0 Å². The van der Waals surface area contributed by atoms with Gasteiger partial charge in [-0.3, -0.25) is 0 Å². The lowest BCUT2D eigenvalue weighted by atomic mass is 10.1. The molecule has 3 aromatic rings. The predicted molar refractivity (Wildman–Crippen MR) is 81.7 cm³/mol. The van der Waals surface area contributed by atoms with Crippen LogP contribution in [0, 0.1) is 6.92 Å². The molecule has 6 nitrogen and oxygen atoms in total. The second-order valence-electron chi connectivity index (χ2n) is 4.48. The second-order valence-corrected chi connectivity index (χ2v) is 4.48. The van der Waals surface area contributed by atoms with Crippen molar-refractivity contribution in [2.45, 2.75) is 6.92 Å². The summed E-state index contributed by atoms with van der Waals surface area (Å²) in [6.07, 6.45) is 1.74. The van der Waals surface area contributed by atoms with Crippen molar-refractivity contribution in [3.8, 4) is 0 Å². The predicted octanol–water partition coefficient (Wildman–Crippen LogP) is 2.61. The standard InChI is InChI=1S/C15H14N6/c1-12-7-5-6-8-13(12)11-16-21-15(18-19-20-21)17-14-9-3-2-4-10-14/h2-11H,1H3,(H,17,18,20). The SMILES string of the molecule is Cc1ccccc1C=Nn1nnnc1Nc1ccccc1. The van der Waals surface area contributed by atoms with Crippen LogP contribution < -0.4 is 5.32 Å². The molecule has 1 aromatic heterocycles. The third-order valence-electron chi connectivity index (χ3n) is 2.98. The van der Waals surface area contributed by atoms with E-state index in [9.17, 15) is 0 Å². The maximum Gasteiger partial charge on any atom is 0.269 e. The summed E-state index contributed by atoms with van der Waals surface area (Å²) in [4.78, 5) is 1.36. The van der Waals surface area contributed by atoms with E-state index in [2.05, 4.69) is 25.9 Å². The molecule has 0 radical (unpaired) electrons. The molecule has 0 aliphatic rings. The quantitative estimate of drug-likeness (QED) is 0.745. The largest absolute Gasteiger partial charge is 0.321 e. The second kappa shape index (κ2) is 5.96. The van der Waals surface area contributed by atoms with Gasteiger partial charge in [-0.15, -0.1) is 0 Å². The summed E-state index contributed by atoms with van der Waals surface area (Å²) in [6, 6.07) is 17.7. The summed E-state index contributed by atoms with van der Waals surface area (Å²) >= 11 is 0. The first-order valence-electron chi connectivity index (χ1n) is 6.53. The van der Waals surface area contributed by atoms with Gasteiger partial charge < -0.3 is 5.32 Å². The van der Waals surface area contributed by atoms with E-state index >= 15 is 0 Å². The van der Waals surface area contributed by atoms with Gasteiger partial charge in [0, 0.05) is 5.69 Å². The number of benzene rings is 2. The Morgan fingerprint density at radius 2 is 1.81 bits per heavy atom. The Bertz CT molecular complexity index is 748. The highest BCUT2D eigenvalue weighted by atomic mass is 15.7. The van der Waals surface area contributed by atoms with E-state index in [4.69, 9.17) is 0 Å². The maximum absolute atomic E-state index is 4.29. The number of rotatable bonds is 4. The van der Waals surface area contributed by atoms with E-state index in [0.717, 1.165) is 16.8 Å². The zero-order valence-electron chi connectivity index (χ0n) is 11.5. The smallest absolute Gasteiger partial charge is 0.269 e. The van der Waals surface area contributed by atoms with Crippen molar-refractivity contribution in [2.24, 2.45) is 5.10 Å². The van der Waals surface area contributed by atoms with Crippen LogP contribution in [-0.4, -0.2) is 26.5 Å². The average molecular weight is 278 g/mol. The summed E-state index contributed by atoms with van der Waals surface area (Å²) in [6.45, 7) is 2.03. The van der Waals surface area contributed by atoms with Gasteiger partial charge >= 0.3 is 0 Å². The molecule has 0 amide bonds. The lowest BCUT2D eigenvalue weighted by molar-refractivity contribution is 0.698. The number of tetrazole rings is 1. The average Bonchev–Trinajstić information content (AvgIpc) is 2.95. The molecule has 0 aliphatic heterocycles. The lowest BCUT2D eigenvalue weighted by Crippen LogP contribution is -2.01. The highest BCUT2D eigenvalue weighted by Gasteiger charge is 2.04. The van der Waals surface area contributed by atoms with E-state index in [1.54, 1.807) is 6.21 Å². The van der Waals surface area contributed by atoms with Gasteiger partial charge in [-0.25, -0.2) is 0 Å². The summed E-state index contributed by atoms with van der Waals surface area (Å²) in [7, 11) is 0. The van der Waals surface area contributed by atoms with Crippen LogP contribution in [0.4, 0.5) is 11.6 Å². The number of hydrogen-bond acceptors (Lipinski definition) is 5. The van der Waals surface area contributed by atoms with Crippen LogP contribution >= 0.6 is 0 Å². The van der Waals surface area contributed by atoms with E-state index in [0.29, 0.717) is 5.95 Å². The molecule has 0 saturated carbocycles. The van der Waals surface area contributed by atoms with Crippen molar-refractivity contribution in [1.29, 1.82) is 0 Å². The van der Waals surface area contributed by atoms with Gasteiger partial charge in [0.05, 0.1) is 6.21 Å². The molecule has 0 bridgehead atoms. The van der Waals surface area contributed by atoms with Crippen molar-refractivity contribution >= 4 is 17.9 Å². The van der Waals surface area contributed by atoms with Crippen LogP contribution in [-0.2, 0) is 0 Å². The molecule has 0 spiro atoms. The van der Waals surface area contributed by atoms with Gasteiger partial charge in [-0.2, -0.15) is 5.10 Å². The molecule has 0 unspecified atom stereocenters. The molecule has 104 valence electrons. The molecule has 21 heavy (non-hydrogen) atoms. The summed E-state index contributed by atoms with van der Waals surface area (Å²) in [5, 5.41) is 18.8. The fourth-order valence-corrected chi connectivity index (χ4v) is 1.83. The maximum atomic E-state index is 4.29. The summed E-state index contributed by atoms with van der Waals surface area (Å²) < 4.78 is 0. The van der Waals surface area contributed by atoms with Gasteiger partial charge in [-0.05, 0) is 40.6 Å². The Labute approximate surface area is 122 Å². The third-order valence-corrected chi connectivity index (χ3v) is 2.98. The minimum absolute atomic E-state index is 0.464. The van der Waals surface area contributed by atoms with Crippen LogP contribution in [0.15, 0.2) is 59.7 Å². The number of para-hydroxylation sites is 1. The van der Waals surface area contributed by atoms with E-state index in [-0.39, 0.29) is 0 Å². The molecular weight excluding hydrogens is 264 g/mol. The first-order valence-corrected chi connectivity index (χ1v) is 6.53. The topological polar surface area (TPSA) is 68.0 Å². The Balaban J connectivity index is 1.81. The van der Waals surface area contributed by atoms with Gasteiger partial charge in [0.1, 0.15) is 0 Å². The fraction of sp³-hybridized carbons (Fsp3) is 0.0667. The highest BCUT2D eigenvalue weighted by Crippen LogP contribution is 2.12. The van der Waals surface area contributed by atoms with E-state index in [1.807, 2.05) is 61.5 Å². The summed E-state index contributed by atoms with van der Waals surface area (Å²) in [5.74, 6) is 0.464. The number of aromatic nitrogens is 4. The number of aryl methyl sites for hydroxylation is 1. The zero-order valence-corrected chi connectivity index (χ0v) is 11.5. The number of hydrogen-bond donors (Lipinski definition) is 1. The normalized spacial score (nSPS) is 10.9. The fourth-order valence-electron chi connectivity index (χ4n) is 1.83. The third kappa shape index (κ3) is 3.11. The molecule has 0 aliphatic carbocycles. The highest BCUT2D eigenvalue weighted by molar-refractivity contribution is 5.81. The summed E-state index contributed by atoms with van der Waals surface area (Å²) in [5.41, 5.74) is 3.07. The molecule has 0 saturated heterocycles. The van der Waals surface area contributed by atoms with E-state index in [1.165, 1.54) is 4.79 Å². The van der Waals surface area contributed by atoms with Crippen LogP contribution in [0.2, 0.25) is 0 Å². The molecule has 1 heterocycles. The van der Waals surface area contributed by atoms with Crippen molar-refractivity contribution < 1.29 is 0 Å². The van der Waals surface area contributed by atoms with Crippen LogP contribution in [0.25, 0.3) is 0 Å². The Hall–Kier alpha value is -3.02. The molecule has 0 atom stereocenters. The molecule has 6 heteroatoms. The van der Waals surface area contributed by atoms with Crippen molar-refractivity contribution in [3.05, 3.63) is 65.7 Å². The van der Waals surface area contributed by atoms with Gasteiger partial charge in [0.15, 0.2) is 0 Å². The van der Waals surface area contributed by atoms with Crippen molar-refractivity contribution in [2.75, 3.05) is 5.32 Å². The van der Waals surface area contributed by atoms with Crippen LogP contribution in [0.5, 0.6) is 0 Å². The van der Waals surface area contributed by atoms with Crippen LogP contribution in [0.3, 0.4) is 0 Å². The lowest BCUT2D eigenvalue weighted by Gasteiger charge is -2.03. The Morgan fingerprint density at radius 3 is 2.62 bits per heavy atom.